The fourth-order valence-corrected chi connectivity index (χ4v) is 2.39. The van der Waals surface area contributed by atoms with Crippen LogP contribution in [0.15, 0.2) is 30.9 Å². The molecule has 1 heterocycles. The summed E-state index contributed by atoms with van der Waals surface area (Å²) in [7, 11) is 0. The Hall–Kier alpha value is -2.70. The van der Waals surface area contributed by atoms with Gasteiger partial charge in [-0.3, -0.25) is 14.3 Å². The molecule has 0 bridgehead atoms. The average Bonchev–Trinajstić information content (AvgIpc) is 3.01. The number of rotatable bonds is 6. The minimum absolute atomic E-state index is 0.0865. The standard InChI is InChI=1S/C18H25N5O2/c1-13-14(17(25)22-18(2,3)4)7-5-8-15(13)21-16(24)9-6-10-23-12-19-11-20-23/h5,7-8,11-12H,6,9-10H2,1-4H3,(H,21,24)(H,22,25). The van der Waals surface area contributed by atoms with Gasteiger partial charge in [0.2, 0.25) is 5.91 Å². The summed E-state index contributed by atoms with van der Waals surface area (Å²) >= 11 is 0. The van der Waals surface area contributed by atoms with Crippen LogP contribution in [-0.4, -0.2) is 32.1 Å². The van der Waals surface area contributed by atoms with E-state index in [0.717, 1.165) is 5.56 Å². The molecule has 0 saturated carbocycles. The lowest BCUT2D eigenvalue weighted by Gasteiger charge is -2.21. The number of amides is 2. The summed E-state index contributed by atoms with van der Waals surface area (Å²) in [5, 5.41) is 9.82. The summed E-state index contributed by atoms with van der Waals surface area (Å²) in [4.78, 5) is 28.4. The normalized spacial score (nSPS) is 11.2. The number of carbonyl (C=O) groups excluding carboxylic acids is 2. The summed E-state index contributed by atoms with van der Waals surface area (Å²) in [5.74, 6) is -0.233. The van der Waals surface area contributed by atoms with Crippen LogP contribution in [0.5, 0.6) is 0 Å². The van der Waals surface area contributed by atoms with Crippen LogP contribution in [0, 0.1) is 6.92 Å². The topological polar surface area (TPSA) is 88.9 Å². The Bertz CT molecular complexity index is 732. The third kappa shape index (κ3) is 5.70. The molecule has 0 radical (unpaired) electrons. The second-order valence-electron chi connectivity index (χ2n) is 6.99. The van der Waals surface area contributed by atoms with Crippen LogP contribution in [0.4, 0.5) is 5.69 Å². The SMILES string of the molecule is Cc1c(NC(=O)CCCn2cncn2)cccc1C(=O)NC(C)(C)C. The van der Waals surface area contributed by atoms with E-state index in [1.165, 1.54) is 6.33 Å². The number of aryl methyl sites for hydroxylation is 1. The Morgan fingerprint density at radius 3 is 2.64 bits per heavy atom. The monoisotopic (exact) mass is 343 g/mol. The quantitative estimate of drug-likeness (QED) is 0.843. The minimum atomic E-state index is -0.315. The summed E-state index contributed by atoms with van der Waals surface area (Å²) in [6, 6.07) is 5.34. The summed E-state index contributed by atoms with van der Waals surface area (Å²) in [5.41, 5.74) is 1.67. The highest BCUT2D eigenvalue weighted by Gasteiger charge is 2.18. The van der Waals surface area contributed by atoms with Crippen molar-refractivity contribution in [1.82, 2.24) is 20.1 Å². The van der Waals surface area contributed by atoms with E-state index in [0.29, 0.717) is 30.6 Å². The highest BCUT2D eigenvalue weighted by molar-refractivity contribution is 5.99. The lowest BCUT2D eigenvalue weighted by molar-refractivity contribution is -0.116. The lowest BCUT2D eigenvalue weighted by atomic mass is 10.0. The van der Waals surface area contributed by atoms with Gasteiger partial charge in [0.25, 0.3) is 5.91 Å². The number of aromatic nitrogens is 3. The van der Waals surface area contributed by atoms with Crippen molar-refractivity contribution in [3.8, 4) is 0 Å². The third-order valence-electron chi connectivity index (χ3n) is 3.60. The second kappa shape index (κ2) is 7.92. The molecule has 7 nitrogen and oxygen atoms in total. The van der Waals surface area contributed by atoms with Crippen molar-refractivity contribution in [3.05, 3.63) is 42.0 Å². The Kier molecular flexibility index (Phi) is 5.90. The fraction of sp³-hybridized carbons (Fsp3) is 0.444. The molecule has 0 aliphatic rings. The highest BCUT2D eigenvalue weighted by atomic mass is 16.2. The zero-order valence-electron chi connectivity index (χ0n) is 15.2. The van der Waals surface area contributed by atoms with Crippen molar-refractivity contribution in [2.45, 2.75) is 52.6 Å². The van der Waals surface area contributed by atoms with Gasteiger partial charge in [-0.25, -0.2) is 4.98 Å². The molecular weight excluding hydrogens is 318 g/mol. The van der Waals surface area contributed by atoms with Crippen LogP contribution in [0.25, 0.3) is 0 Å². The van der Waals surface area contributed by atoms with E-state index in [2.05, 4.69) is 20.7 Å². The molecule has 134 valence electrons. The maximum atomic E-state index is 12.4. The smallest absolute Gasteiger partial charge is 0.252 e. The number of benzene rings is 1. The first-order valence-electron chi connectivity index (χ1n) is 8.30. The van der Waals surface area contributed by atoms with Crippen molar-refractivity contribution >= 4 is 17.5 Å². The maximum absolute atomic E-state index is 12.4. The van der Waals surface area contributed by atoms with Gasteiger partial charge in [0.05, 0.1) is 0 Å². The molecule has 2 amide bonds. The lowest BCUT2D eigenvalue weighted by Crippen LogP contribution is -2.40. The molecule has 1 aromatic carbocycles. The third-order valence-corrected chi connectivity index (χ3v) is 3.60. The highest BCUT2D eigenvalue weighted by Crippen LogP contribution is 2.20. The van der Waals surface area contributed by atoms with Crippen LogP contribution >= 0.6 is 0 Å². The van der Waals surface area contributed by atoms with Crippen LogP contribution in [-0.2, 0) is 11.3 Å². The molecule has 0 fully saturated rings. The largest absolute Gasteiger partial charge is 0.347 e. The van der Waals surface area contributed by atoms with Gasteiger partial charge in [0, 0.05) is 29.8 Å². The summed E-state index contributed by atoms with van der Waals surface area (Å²) < 4.78 is 1.69. The molecule has 0 spiro atoms. The van der Waals surface area contributed by atoms with E-state index < -0.39 is 0 Å². The first-order chi connectivity index (χ1) is 11.8. The van der Waals surface area contributed by atoms with Crippen LogP contribution < -0.4 is 10.6 Å². The molecule has 7 heteroatoms. The van der Waals surface area contributed by atoms with E-state index in [-0.39, 0.29) is 17.4 Å². The van der Waals surface area contributed by atoms with Gasteiger partial charge in [-0.1, -0.05) is 6.07 Å². The van der Waals surface area contributed by atoms with Gasteiger partial charge >= 0.3 is 0 Å². The molecule has 0 aliphatic carbocycles. The van der Waals surface area contributed by atoms with Gasteiger partial charge in [-0.15, -0.1) is 0 Å². The Labute approximate surface area is 147 Å². The van der Waals surface area contributed by atoms with E-state index in [4.69, 9.17) is 0 Å². The van der Waals surface area contributed by atoms with Gasteiger partial charge < -0.3 is 10.6 Å². The van der Waals surface area contributed by atoms with E-state index in [9.17, 15) is 9.59 Å². The van der Waals surface area contributed by atoms with Crippen molar-refractivity contribution < 1.29 is 9.59 Å². The maximum Gasteiger partial charge on any atom is 0.252 e. The predicted octanol–water partition coefficient (Wildman–Crippen LogP) is 2.53. The fourth-order valence-electron chi connectivity index (χ4n) is 2.39. The molecule has 0 aliphatic heterocycles. The molecule has 2 rings (SSSR count). The molecular formula is C18H25N5O2. The molecule has 25 heavy (non-hydrogen) atoms. The first kappa shape index (κ1) is 18.6. The number of carbonyl (C=O) groups is 2. The molecule has 0 saturated heterocycles. The average molecular weight is 343 g/mol. The molecule has 2 N–H and O–H groups in total. The first-order valence-corrected chi connectivity index (χ1v) is 8.30. The molecule has 0 unspecified atom stereocenters. The van der Waals surface area contributed by atoms with E-state index in [1.807, 2.05) is 27.7 Å². The number of anilines is 1. The summed E-state index contributed by atoms with van der Waals surface area (Å²) in [6.45, 7) is 8.27. The Morgan fingerprint density at radius 1 is 1.24 bits per heavy atom. The number of nitrogens with one attached hydrogen (secondary N) is 2. The van der Waals surface area contributed by atoms with Crippen molar-refractivity contribution in [2.24, 2.45) is 0 Å². The van der Waals surface area contributed by atoms with Crippen molar-refractivity contribution in [3.63, 3.8) is 0 Å². The van der Waals surface area contributed by atoms with Gasteiger partial charge in [0.1, 0.15) is 12.7 Å². The van der Waals surface area contributed by atoms with Crippen LogP contribution in [0.1, 0.15) is 49.5 Å². The Balaban J connectivity index is 1.96. The molecule has 2 aromatic rings. The zero-order chi connectivity index (χ0) is 18.4. The number of hydrogen-bond donors (Lipinski definition) is 2. The van der Waals surface area contributed by atoms with Crippen molar-refractivity contribution in [1.29, 1.82) is 0 Å². The van der Waals surface area contributed by atoms with Crippen LogP contribution in [0.2, 0.25) is 0 Å². The second-order valence-corrected chi connectivity index (χ2v) is 6.99. The minimum Gasteiger partial charge on any atom is -0.347 e. The number of hydrogen-bond acceptors (Lipinski definition) is 4. The number of nitrogens with zero attached hydrogens (tertiary/aromatic N) is 3. The Morgan fingerprint density at radius 2 is 2.00 bits per heavy atom. The van der Waals surface area contributed by atoms with Gasteiger partial charge in [-0.2, -0.15) is 5.10 Å². The molecule has 0 atom stereocenters. The van der Waals surface area contributed by atoms with Gasteiger partial charge in [-0.05, 0) is 51.8 Å². The zero-order valence-corrected chi connectivity index (χ0v) is 15.2. The van der Waals surface area contributed by atoms with E-state index in [1.54, 1.807) is 29.2 Å². The molecule has 1 aromatic heterocycles. The predicted molar refractivity (Wildman–Crippen MR) is 96.3 cm³/mol. The van der Waals surface area contributed by atoms with Crippen LogP contribution in [0.3, 0.4) is 0 Å². The van der Waals surface area contributed by atoms with Gasteiger partial charge in [0.15, 0.2) is 0 Å². The summed E-state index contributed by atoms with van der Waals surface area (Å²) in [6.07, 6.45) is 4.13. The van der Waals surface area contributed by atoms with E-state index >= 15 is 0 Å². The van der Waals surface area contributed by atoms with Crippen molar-refractivity contribution in [2.75, 3.05) is 5.32 Å².